The molecule has 0 bridgehead atoms. The smallest absolute Gasteiger partial charge is 0.320 e. The van der Waals surface area contributed by atoms with Crippen LogP contribution in [-0.4, -0.2) is 33.5 Å². The summed E-state index contributed by atoms with van der Waals surface area (Å²) in [7, 11) is 0. The van der Waals surface area contributed by atoms with Crippen LogP contribution >= 0.6 is 0 Å². The fourth-order valence-electron chi connectivity index (χ4n) is 3.54. The quantitative estimate of drug-likeness (QED) is 0.941. The second kappa shape index (κ2) is 6.50. The largest absolute Gasteiger partial charge is 0.480 e. The number of hydrogen-bond acceptors (Lipinski definition) is 3. The summed E-state index contributed by atoms with van der Waals surface area (Å²) < 4.78 is 0. The summed E-state index contributed by atoms with van der Waals surface area (Å²) >= 11 is 0. The SMILES string of the molecule is Cc1cccc(C(c2ccncc2C)N2CCCC2C(=O)O)c1. The molecule has 1 saturated heterocycles. The molecule has 1 aliphatic rings. The van der Waals surface area contributed by atoms with Crippen LogP contribution in [0.3, 0.4) is 0 Å². The highest BCUT2D eigenvalue weighted by Gasteiger charge is 2.37. The molecule has 1 aromatic heterocycles. The van der Waals surface area contributed by atoms with Crippen LogP contribution in [0.2, 0.25) is 0 Å². The minimum absolute atomic E-state index is 0.0403. The summed E-state index contributed by atoms with van der Waals surface area (Å²) in [6, 6.07) is 9.91. The molecular weight excluding hydrogens is 288 g/mol. The predicted octanol–water partition coefficient (Wildman–Crippen LogP) is 3.34. The number of aromatic nitrogens is 1. The van der Waals surface area contributed by atoms with Crippen molar-refractivity contribution in [1.29, 1.82) is 0 Å². The first-order chi connectivity index (χ1) is 11.1. The van der Waals surface area contributed by atoms with Gasteiger partial charge in [-0.3, -0.25) is 14.7 Å². The highest BCUT2D eigenvalue weighted by atomic mass is 16.4. The molecular formula is C19H22N2O2. The Balaban J connectivity index is 2.11. The maximum Gasteiger partial charge on any atom is 0.320 e. The molecule has 0 saturated carbocycles. The fourth-order valence-corrected chi connectivity index (χ4v) is 3.54. The molecule has 0 radical (unpaired) electrons. The van der Waals surface area contributed by atoms with E-state index in [1.165, 1.54) is 5.56 Å². The zero-order valence-electron chi connectivity index (χ0n) is 13.6. The molecule has 2 heterocycles. The van der Waals surface area contributed by atoms with Crippen molar-refractivity contribution in [1.82, 2.24) is 9.88 Å². The van der Waals surface area contributed by atoms with Gasteiger partial charge in [-0.1, -0.05) is 29.8 Å². The van der Waals surface area contributed by atoms with E-state index in [9.17, 15) is 9.90 Å². The second-order valence-electron chi connectivity index (χ2n) is 6.28. The first-order valence-electron chi connectivity index (χ1n) is 8.03. The number of rotatable bonds is 4. The van der Waals surface area contributed by atoms with Gasteiger partial charge in [0.25, 0.3) is 0 Å². The van der Waals surface area contributed by atoms with E-state index < -0.39 is 12.0 Å². The van der Waals surface area contributed by atoms with Crippen LogP contribution in [-0.2, 0) is 4.79 Å². The van der Waals surface area contributed by atoms with Crippen molar-refractivity contribution in [3.8, 4) is 0 Å². The summed E-state index contributed by atoms with van der Waals surface area (Å²) in [5.41, 5.74) is 4.56. The van der Waals surface area contributed by atoms with Gasteiger partial charge in [-0.25, -0.2) is 0 Å². The number of aliphatic carboxylic acids is 1. The molecule has 1 aromatic carbocycles. The minimum atomic E-state index is -0.730. The van der Waals surface area contributed by atoms with Gasteiger partial charge in [0.2, 0.25) is 0 Å². The summed E-state index contributed by atoms with van der Waals surface area (Å²) in [5, 5.41) is 9.60. The molecule has 1 aliphatic heterocycles. The van der Waals surface area contributed by atoms with Crippen molar-refractivity contribution in [3.63, 3.8) is 0 Å². The maximum absolute atomic E-state index is 11.7. The van der Waals surface area contributed by atoms with Crippen LogP contribution in [0.5, 0.6) is 0 Å². The van der Waals surface area contributed by atoms with E-state index in [2.05, 4.69) is 35.0 Å². The van der Waals surface area contributed by atoms with Crippen molar-refractivity contribution in [3.05, 3.63) is 65.0 Å². The normalized spacial score (nSPS) is 19.7. The highest BCUT2D eigenvalue weighted by molar-refractivity contribution is 5.74. The second-order valence-corrected chi connectivity index (χ2v) is 6.28. The van der Waals surface area contributed by atoms with Crippen LogP contribution in [0.4, 0.5) is 0 Å². The lowest BCUT2D eigenvalue weighted by Gasteiger charge is -2.33. The maximum atomic E-state index is 11.7. The monoisotopic (exact) mass is 310 g/mol. The molecule has 4 heteroatoms. The third-order valence-corrected chi connectivity index (χ3v) is 4.63. The molecule has 3 rings (SSSR count). The zero-order chi connectivity index (χ0) is 16.4. The van der Waals surface area contributed by atoms with Crippen molar-refractivity contribution in [2.75, 3.05) is 6.54 Å². The molecule has 1 fully saturated rings. The average Bonchev–Trinajstić information content (AvgIpc) is 2.99. The Kier molecular flexibility index (Phi) is 4.44. The third-order valence-electron chi connectivity index (χ3n) is 4.63. The number of hydrogen-bond donors (Lipinski definition) is 1. The minimum Gasteiger partial charge on any atom is -0.480 e. The van der Waals surface area contributed by atoms with Crippen LogP contribution in [0, 0.1) is 13.8 Å². The molecule has 0 spiro atoms. The Morgan fingerprint density at radius 1 is 1.35 bits per heavy atom. The Morgan fingerprint density at radius 2 is 2.17 bits per heavy atom. The summed E-state index contributed by atoms with van der Waals surface area (Å²) in [5.74, 6) is -0.730. The molecule has 2 atom stereocenters. The van der Waals surface area contributed by atoms with Gasteiger partial charge in [-0.2, -0.15) is 0 Å². The first kappa shape index (κ1) is 15.7. The van der Waals surface area contributed by atoms with Crippen molar-refractivity contribution in [2.45, 2.75) is 38.8 Å². The van der Waals surface area contributed by atoms with Gasteiger partial charge >= 0.3 is 5.97 Å². The molecule has 2 aromatic rings. The van der Waals surface area contributed by atoms with E-state index >= 15 is 0 Å². The summed E-state index contributed by atoms with van der Waals surface area (Å²) in [6.45, 7) is 4.91. The summed E-state index contributed by atoms with van der Waals surface area (Å²) in [4.78, 5) is 18.0. The number of carbonyl (C=O) groups is 1. The first-order valence-corrected chi connectivity index (χ1v) is 8.03. The van der Waals surface area contributed by atoms with Crippen molar-refractivity contribution >= 4 is 5.97 Å². The van der Waals surface area contributed by atoms with E-state index in [1.54, 1.807) is 6.20 Å². The Hall–Kier alpha value is -2.20. The third kappa shape index (κ3) is 3.13. The van der Waals surface area contributed by atoms with Gasteiger partial charge < -0.3 is 5.11 Å². The number of pyridine rings is 1. The van der Waals surface area contributed by atoms with Gasteiger partial charge in [0.1, 0.15) is 6.04 Å². The van der Waals surface area contributed by atoms with E-state index in [-0.39, 0.29) is 6.04 Å². The van der Waals surface area contributed by atoms with E-state index in [4.69, 9.17) is 0 Å². The van der Waals surface area contributed by atoms with Gasteiger partial charge in [0.15, 0.2) is 0 Å². The Labute approximate surface area is 136 Å². The number of benzene rings is 1. The number of aryl methyl sites for hydroxylation is 2. The number of nitrogens with zero attached hydrogens (tertiary/aromatic N) is 2. The number of carboxylic acids is 1. The Morgan fingerprint density at radius 3 is 2.87 bits per heavy atom. The lowest BCUT2D eigenvalue weighted by molar-refractivity contribution is -0.142. The van der Waals surface area contributed by atoms with Crippen LogP contribution in [0.25, 0.3) is 0 Å². The van der Waals surface area contributed by atoms with E-state index in [0.717, 1.165) is 29.7 Å². The molecule has 4 nitrogen and oxygen atoms in total. The standard InChI is InChI=1S/C19H22N2O2/c1-13-5-3-6-15(11-13)18(16-8-9-20-12-14(16)2)21-10-4-7-17(21)19(22)23/h3,5-6,8-9,11-12,17-18H,4,7,10H2,1-2H3,(H,22,23). The fraction of sp³-hybridized carbons (Fsp3) is 0.368. The van der Waals surface area contributed by atoms with Crippen LogP contribution < -0.4 is 0 Å². The van der Waals surface area contributed by atoms with Crippen molar-refractivity contribution in [2.24, 2.45) is 0 Å². The highest BCUT2D eigenvalue weighted by Crippen LogP contribution is 2.36. The van der Waals surface area contributed by atoms with E-state index in [1.807, 2.05) is 25.3 Å². The zero-order valence-corrected chi connectivity index (χ0v) is 13.6. The van der Waals surface area contributed by atoms with Gasteiger partial charge in [-0.05, 0) is 49.4 Å². The summed E-state index contributed by atoms with van der Waals surface area (Å²) in [6.07, 6.45) is 5.27. The van der Waals surface area contributed by atoms with Gasteiger partial charge in [0.05, 0.1) is 6.04 Å². The van der Waals surface area contributed by atoms with E-state index in [0.29, 0.717) is 6.42 Å². The molecule has 2 unspecified atom stereocenters. The topological polar surface area (TPSA) is 53.4 Å². The molecule has 1 N–H and O–H groups in total. The lowest BCUT2D eigenvalue weighted by Crippen LogP contribution is -2.39. The molecule has 0 amide bonds. The lowest BCUT2D eigenvalue weighted by atomic mass is 9.93. The number of likely N-dealkylation sites (tertiary alicyclic amines) is 1. The average molecular weight is 310 g/mol. The number of carboxylic acid groups (broad SMARTS) is 1. The predicted molar refractivity (Wildman–Crippen MR) is 89.4 cm³/mol. The Bertz CT molecular complexity index is 714. The van der Waals surface area contributed by atoms with Crippen LogP contribution in [0.15, 0.2) is 42.7 Å². The molecule has 120 valence electrons. The molecule has 0 aliphatic carbocycles. The van der Waals surface area contributed by atoms with Crippen molar-refractivity contribution < 1.29 is 9.90 Å². The van der Waals surface area contributed by atoms with Gasteiger partial charge in [-0.15, -0.1) is 0 Å². The molecule has 23 heavy (non-hydrogen) atoms. The van der Waals surface area contributed by atoms with Crippen LogP contribution in [0.1, 0.15) is 41.1 Å². The van der Waals surface area contributed by atoms with Gasteiger partial charge in [0, 0.05) is 18.9 Å².